The SMILES string of the molecule is CCc1nc(C(=O)NC(C)c2ccccc2Br)n[nH]1. The van der Waals surface area contributed by atoms with E-state index in [0.717, 1.165) is 16.5 Å². The number of rotatable bonds is 4. The molecule has 1 atom stereocenters. The summed E-state index contributed by atoms with van der Waals surface area (Å²) in [5.74, 6) is 0.605. The first-order valence-corrected chi connectivity index (χ1v) is 6.87. The number of H-pyrrole nitrogens is 1. The van der Waals surface area contributed by atoms with E-state index in [0.29, 0.717) is 5.82 Å². The third-order valence-electron chi connectivity index (χ3n) is 2.79. The number of hydrogen-bond acceptors (Lipinski definition) is 3. The number of aryl methyl sites for hydroxylation is 1. The van der Waals surface area contributed by atoms with Crippen molar-refractivity contribution >= 4 is 21.8 Å². The van der Waals surface area contributed by atoms with Crippen molar-refractivity contribution in [2.45, 2.75) is 26.3 Å². The average molecular weight is 323 g/mol. The highest BCUT2D eigenvalue weighted by atomic mass is 79.9. The number of carbonyl (C=O) groups excluding carboxylic acids is 1. The van der Waals surface area contributed by atoms with Crippen LogP contribution in [0, 0.1) is 0 Å². The monoisotopic (exact) mass is 322 g/mol. The molecule has 1 aromatic carbocycles. The third-order valence-corrected chi connectivity index (χ3v) is 3.51. The topological polar surface area (TPSA) is 70.7 Å². The van der Waals surface area contributed by atoms with Crippen LogP contribution in [0.15, 0.2) is 28.7 Å². The van der Waals surface area contributed by atoms with Crippen molar-refractivity contribution in [1.82, 2.24) is 20.5 Å². The van der Waals surface area contributed by atoms with Crippen molar-refractivity contribution in [1.29, 1.82) is 0 Å². The summed E-state index contributed by atoms with van der Waals surface area (Å²) in [5, 5.41) is 9.50. The molecule has 2 N–H and O–H groups in total. The van der Waals surface area contributed by atoms with Crippen molar-refractivity contribution in [3.05, 3.63) is 46.0 Å². The van der Waals surface area contributed by atoms with Gasteiger partial charge in [0, 0.05) is 10.9 Å². The Morgan fingerprint density at radius 2 is 2.21 bits per heavy atom. The van der Waals surface area contributed by atoms with Gasteiger partial charge in [-0.3, -0.25) is 9.89 Å². The molecule has 0 aliphatic rings. The standard InChI is InChI=1S/C13H15BrN4O/c1-3-11-16-12(18-17-11)13(19)15-8(2)9-6-4-5-7-10(9)14/h4-8H,3H2,1-2H3,(H,15,19)(H,16,17,18). The molecule has 1 heterocycles. The molecule has 0 fully saturated rings. The van der Waals surface area contributed by atoms with Crippen LogP contribution in [-0.4, -0.2) is 21.1 Å². The minimum absolute atomic E-state index is 0.119. The van der Waals surface area contributed by atoms with E-state index >= 15 is 0 Å². The zero-order valence-electron chi connectivity index (χ0n) is 10.8. The molecule has 19 heavy (non-hydrogen) atoms. The van der Waals surface area contributed by atoms with Gasteiger partial charge in [-0.25, -0.2) is 4.98 Å². The van der Waals surface area contributed by atoms with Crippen molar-refractivity contribution < 1.29 is 4.79 Å². The molecule has 1 aromatic heterocycles. The number of carbonyl (C=O) groups is 1. The van der Waals surface area contributed by atoms with E-state index < -0.39 is 0 Å². The van der Waals surface area contributed by atoms with Gasteiger partial charge in [-0.05, 0) is 18.6 Å². The Kier molecular flexibility index (Phi) is 4.31. The summed E-state index contributed by atoms with van der Waals surface area (Å²) in [6, 6.07) is 7.66. The molecule has 0 aliphatic carbocycles. The molecule has 0 radical (unpaired) electrons. The van der Waals surface area contributed by atoms with Crippen LogP contribution in [0.4, 0.5) is 0 Å². The summed E-state index contributed by atoms with van der Waals surface area (Å²) in [6.45, 7) is 3.87. The fraction of sp³-hybridized carbons (Fsp3) is 0.308. The maximum Gasteiger partial charge on any atom is 0.291 e. The van der Waals surface area contributed by atoms with Crippen LogP contribution in [0.5, 0.6) is 0 Å². The predicted molar refractivity (Wildman–Crippen MR) is 75.8 cm³/mol. The fourth-order valence-electron chi connectivity index (χ4n) is 1.72. The van der Waals surface area contributed by atoms with Gasteiger partial charge >= 0.3 is 0 Å². The van der Waals surface area contributed by atoms with E-state index in [9.17, 15) is 4.79 Å². The molecule has 100 valence electrons. The second-order valence-electron chi connectivity index (χ2n) is 4.18. The first-order chi connectivity index (χ1) is 9.11. The van der Waals surface area contributed by atoms with Gasteiger partial charge in [0.1, 0.15) is 5.82 Å². The number of hydrogen-bond donors (Lipinski definition) is 2. The molecule has 0 saturated heterocycles. The van der Waals surface area contributed by atoms with Gasteiger partial charge in [0.2, 0.25) is 5.82 Å². The van der Waals surface area contributed by atoms with Crippen molar-refractivity contribution in [3.63, 3.8) is 0 Å². The number of halogens is 1. The van der Waals surface area contributed by atoms with Crippen molar-refractivity contribution in [3.8, 4) is 0 Å². The molecule has 1 unspecified atom stereocenters. The fourth-order valence-corrected chi connectivity index (χ4v) is 2.35. The maximum absolute atomic E-state index is 12.0. The lowest BCUT2D eigenvalue weighted by Gasteiger charge is -2.14. The highest BCUT2D eigenvalue weighted by molar-refractivity contribution is 9.10. The first-order valence-electron chi connectivity index (χ1n) is 6.08. The van der Waals surface area contributed by atoms with Gasteiger partial charge in [0.25, 0.3) is 5.91 Å². The summed E-state index contributed by atoms with van der Waals surface area (Å²) >= 11 is 3.47. The summed E-state index contributed by atoms with van der Waals surface area (Å²) in [7, 11) is 0. The molecule has 0 spiro atoms. The third kappa shape index (κ3) is 3.20. The Balaban J connectivity index is 2.08. The van der Waals surface area contributed by atoms with Crippen LogP contribution >= 0.6 is 15.9 Å². The van der Waals surface area contributed by atoms with Gasteiger partial charge in [0.15, 0.2) is 0 Å². The van der Waals surface area contributed by atoms with Gasteiger partial charge < -0.3 is 5.32 Å². The summed E-state index contributed by atoms with van der Waals surface area (Å²) in [4.78, 5) is 16.1. The van der Waals surface area contributed by atoms with E-state index in [1.54, 1.807) is 0 Å². The van der Waals surface area contributed by atoms with E-state index in [-0.39, 0.29) is 17.8 Å². The molecule has 1 amide bonds. The zero-order chi connectivity index (χ0) is 13.8. The number of nitrogens with zero attached hydrogens (tertiary/aromatic N) is 2. The second kappa shape index (κ2) is 5.97. The number of nitrogens with one attached hydrogen (secondary N) is 2. The van der Waals surface area contributed by atoms with Gasteiger partial charge in [-0.15, -0.1) is 5.10 Å². The van der Waals surface area contributed by atoms with Crippen LogP contribution in [0.1, 0.15) is 41.9 Å². The quantitative estimate of drug-likeness (QED) is 0.909. The highest BCUT2D eigenvalue weighted by Gasteiger charge is 2.16. The number of aromatic amines is 1. The van der Waals surface area contributed by atoms with Crippen LogP contribution < -0.4 is 5.32 Å². The van der Waals surface area contributed by atoms with E-state index in [1.807, 2.05) is 38.1 Å². The Labute approximate surface area is 120 Å². The zero-order valence-corrected chi connectivity index (χ0v) is 12.4. The summed E-state index contributed by atoms with van der Waals surface area (Å²) in [5.41, 5.74) is 1.02. The Morgan fingerprint density at radius 3 is 2.84 bits per heavy atom. The average Bonchev–Trinajstić information content (AvgIpc) is 2.88. The molecular formula is C13H15BrN4O. The number of benzene rings is 1. The van der Waals surface area contributed by atoms with E-state index in [2.05, 4.69) is 36.4 Å². The van der Waals surface area contributed by atoms with E-state index in [1.165, 1.54) is 0 Å². The number of aromatic nitrogens is 3. The minimum Gasteiger partial charge on any atom is -0.343 e. The Bertz CT molecular complexity index is 582. The molecule has 0 saturated carbocycles. The van der Waals surface area contributed by atoms with Crippen molar-refractivity contribution in [2.75, 3.05) is 0 Å². The first kappa shape index (κ1) is 13.7. The van der Waals surface area contributed by atoms with Crippen LogP contribution in [0.2, 0.25) is 0 Å². The van der Waals surface area contributed by atoms with Gasteiger partial charge in [-0.1, -0.05) is 41.1 Å². The lowest BCUT2D eigenvalue weighted by atomic mass is 10.1. The van der Waals surface area contributed by atoms with Gasteiger partial charge in [-0.2, -0.15) is 0 Å². The largest absolute Gasteiger partial charge is 0.343 e. The molecule has 2 rings (SSSR count). The smallest absolute Gasteiger partial charge is 0.291 e. The minimum atomic E-state index is -0.279. The van der Waals surface area contributed by atoms with Gasteiger partial charge in [0.05, 0.1) is 6.04 Å². The molecule has 0 aliphatic heterocycles. The summed E-state index contributed by atoms with van der Waals surface area (Å²) < 4.78 is 0.965. The Morgan fingerprint density at radius 1 is 1.47 bits per heavy atom. The number of amides is 1. The summed E-state index contributed by atoms with van der Waals surface area (Å²) in [6.07, 6.45) is 0.722. The van der Waals surface area contributed by atoms with E-state index in [4.69, 9.17) is 0 Å². The molecule has 0 bridgehead atoms. The lowest BCUT2D eigenvalue weighted by Crippen LogP contribution is -2.27. The molecule has 6 heteroatoms. The predicted octanol–water partition coefficient (Wildman–Crippen LogP) is 2.62. The maximum atomic E-state index is 12.0. The lowest BCUT2D eigenvalue weighted by molar-refractivity contribution is 0.0929. The van der Waals surface area contributed by atoms with Crippen LogP contribution in [0.3, 0.4) is 0 Å². The second-order valence-corrected chi connectivity index (χ2v) is 5.03. The van der Waals surface area contributed by atoms with Crippen LogP contribution in [0.25, 0.3) is 0 Å². The molecular weight excluding hydrogens is 308 g/mol. The van der Waals surface area contributed by atoms with Crippen LogP contribution in [-0.2, 0) is 6.42 Å². The molecule has 5 nitrogen and oxygen atoms in total. The highest BCUT2D eigenvalue weighted by Crippen LogP contribution is 2.22. The Hall–Kier alpha value is -1.69. The van der Waals surface area contributed by atoms with Crippen molar-refractivity contribution in [2.24, 2.45) is 0 Å². The molecule has 2 aromatic rings. The normalized spacial score (nSPS) is 12.2.